The Morgan fingerprint density at radius 1 is 1.27 bits per heavy atom. The van der Waals surface area contributed by atoms with Crippen LogP contribution >= 0.6 is 0 Å². The second-order valence-electron chi connectivity index (χ2n) is 7.81. The van der Waals surface area contributed by atoms with Crippen LogP contribution in [0.1, 0.15) is 63.6 Å². The van der Waals surface area contributed by atoms with Crippen molar-refractivity contribution in [2.45, 2.75) is 59.0 Å². The summed E-state index contributed by atoms with van der Waals surface area (Å²) in [5, 5.41) is 7.35. The lowest BCUT2D eigenvalue weighted by Crippen LogP contribution is -2.37. The van der Waals surface area contributed by atoms with Crippen LogP contribution in [0.4, 0.5) is 4.39 Å². The highest BCUT2D eigenvalue weighted by atomic mass is 19.1. The smallest absolute Gasteiger partial charge is 0.272 e. The topological polar surface area (TPSA) is 56.1 Å². The molecule has 0 spiro atoms. The average Bonchev–Trinajstić information content (AvgIpc) is 3.00. The molecule has 1 amide bonds. The van der Waals surface area contributed by atoms with Crippen molar-refractivity contribution in [2.75, 3.05) is 6.61 Å². The number of hydrogen-bond acceptors (Lipinski definition) is 3. The highest BCUT2D eigenvalue weighted by molar-refractivity contribution is 5.92. The minimum absolute atomic E-state index is 0.170. The summed E-state index contributed by atoms with van der Waals surface area (Å²) in [4.78, 5) is 12.5. The minimum Gasteiger partial charge on any atom is -0.488 e. The summed E-state index contributed by atoms with van der Waals surface area (Å²) in [7, 11) is 0. The average molecular weight is 361 g/mol. The molecule has 0 bridgehead atoms. The number of amides is 1. The molecule has 0 aliphatic rings. The van der Waals surface area contributed by atoms with Gasteiger partial charge in [0.1, 0.15) is 12.3 Å². The van der Waals surface area contributed by atoms with E-state index in [2.05, 4.69) is 45.0 Å². The molecule has 0 radical (unpaired) electrons. The van der Waals surface area contributed by atoms with Crippen molar-refractivity contribution >= 4 is 5.91 Å². The molecule has 0 saturated heterocycles. The fraction of sp³-hybridized carbons (Fsp3) is 0.500. The van der Waals surface area contributed by atoms with E-state index in [1.54, 1.807) is 18.2 Å². The maximum atomic E-state index is 13.6. The zero-order valence-electron chi connectivity index (χ0n) is 16.3. The predicted octanol–water partition coefficient (Wildman–Crippen LogP) is 4.10. The van der Waals surface area contributed by atoms with Crippen LogP contribution in [0.25, 0.3) is 0 Å². The molecular weight excluding hydrogens is 333 g/mol. The Hall–Kier alpha value is -2.37. The number of aromatic nitrogens is 2. The summed E-state index contributed by atoms with van der Waals surface area (Å²) in [5.41, 5.74) is 1.18. The van der Waals surface area contributed by atoms with Gasteiger partial charge in [-0.1, -0.05) is 26.0 Å². The van der Waals surface area contributed by atoms with E-state index >= 15 is 0 Å². The summed E-state index contributed by atoms with van der Waals surface area (Å²) in [6.07, 6.45) is 0. The second-order valence-corrected chi connectivity index (χ2v) is 7.81. The standard InChI is InChI=1S/C20H28FN3O2/c1-13(2)17-11-16(23-24(17)20(4,5)6)19(25)22-14(3)12-26-18-10-8-7-9-15(18)21/h7-11,13-14H,12H2,1-6H3,(H,22,25). The van der Waals surface area contributed by atoms with Crippen LogP contribution < -0.4 is 10.1 Å². The molecule has 1 N–H and O–H groups in total. The molecule has 26 heavy (non-hydrogen) atoms. The summed E-state index contributed by atoms with van der Waals surface area (Å²) < 4.78 is 20.9. The van der Waals surface area contributed by atoms with Crippen molar-refractivity contribution in [3.8, 4) is 5.75 Å². The van der Waals surface area contributed by atoms with Crippen molar-refractivity contribution in [3.63, 3.8) is 0 Å². The number of para-hydroxylation sites is 1. The molecule has 1 unspecified atom stereocenters. The van der Waals surface area contributed by atoms with E-state index in [0.717, 1.165) is 5.69 Å². The van der Waals surface area contributed by atoms with Gasteiger partial charge >= 0.3 is 0 Å². The minimum atomic E-state index is -0.420. The zero-order chi connectivity index (χ0) is 19.5. The first kappa shape index (κ1) is 19.9. The lowest BCUT2D eigenvalue weighted by Gasteiger charge is -2.23. The Bertz CT molecular complexity index is 763. The highest BCUT2D eigenvalue weighted by Gasteiger charge is 2.24. The van der Waals surface area contributed by atoms with Crippen LogP contribution in [0.5, 0.6) is 5.75 Å². The normalized spacial score (nSPS) is 12.9. The van der Waals surface area contributed by atoms with Crippen LogP contribution in [-0.4, -0.2) is 28.3 Å². The number of hydrogen-bond donors (Lipinski definition) is 1. The molecule has 1 heterocycles. The van der Waals surface area contributed by atoms with Gasteiger partial charge < -0.3 is 10.1 Å². The number of rotatable bonds is 6. The molecule has 0 fully saturated rings. The summed E-state index contributed by atoms with van der Waals surface area (Å²) in [6, 6.07) is 7.74. The van der Waals surface area contributed by atoms with E-state index in [0.29, 0.717) is 5.69 Å². The van der Waals surface area contributed by atoms with Crippen LogP contribution in [0.2, 0.25) is 0 Å². The van der Waals surface area contributed by atoms with Gasteiger partial charge in [0, 0.05) is 5.69 Å². The van der Waals surface area contributed by atoms with Gasteiger partial charge in [-0.15, -0.1) is 0 Å². The maximum absolute atomic E-state index is 13.6. The van der Waals surface area contributed by atoms with Gasteiger partial charge in [-0.3, -0.25) is 9.48 Å². The summed E-state index contributed by atoms with van der Waals surface area (Å²) >= 11 is 0. The summed E-state index contributed by atoms with van der Waals surface area (Å²) in [6.45, 7) is 12.3. The zero-order valence-corrected chi connectivity index (χ0v) is 16.3. The molecule has 6 heteroatoms. The molecular formula is C20H28FN3O2. The Morgan fingerprint density at radius 2 is 1.92 bits per heavy atom. The molecule has 5 nitrogen and oxygen atoms in total. The molecule has 2 rings (SSSR count). The Labute approximate surface area is 154 Å². The van der Waals surface area contributed by atoms with Crippen molar-refractivity contribution in [1.29, 1.82) is 0 Å². The number of carbonyl (C=O) groups is 1. The van der Waals surface area contributed by atoms with Gasteiger partial charge in [-0.2, -0.15) is 5.10 Å². The van der Waals surface area contributed by atoms with E-state index in [9.17, 15) is 9.18 Å². The second kappa shape index (κ2) is 7.89. The molecule has 0 saturated carbocycles. The van der Waals surface area contributed by atoms with Crippen molar-refractivity contribution in [3.05, 3.63) is 47.5 Å². The number of nitrogens with one attached hydrogen (secondary N) is 1. The first-order valence-electron chi connectivity index (χ1n) is 8.88. The van der Waals surface area contributed by atoms with E-state index in [1.807, 2.05) is 17.7 Å². The Kier molecular flexibility index (Phi) is 6.05. The van der Waals surface area contributed by atoms with Gasteiger partial charge in [0.05, 0.1) is 11.6 Å². The van der Waals surface area contributed by atoms with Crippen molar-refractivity contribution in [1.82, 2.24) is 15.1 Å². The first-order chi connectivity index (χ1) is 12.1. The van der Waals surface area contributed by atoms with Gasteiger partial charge in [0.2, 0.25) is 0 Å². The van der Waals surface area contributed by atoms with E-state index in [-0.39, 0.29) is 35.8 Å². The van der Waals surface area contributed by atoms with Crippen LogP contribution in [0.15, 0.2) is 30.3 Å². The van der Waals surface area contributed by atoms with Crippen molar-refractivity contribution in [2.24, 2.45) is 0 Å². The number of halogens is 1. The number of benzene rings is 1. The number of ether oxygens (including phenoxy) is 1. The van der Waals surface area contributed by atoms with E-state index in [4.69, 9.17) is 4.74 Å². The predicted molar refractivity (Wildman–Crippen MR) is 100 cm³/mol. The first-order valence-corrected chi connectivity index (χ1v) is 8.88. The SMILES string of the molecule is CC(COc1ccccc1F)NC(=O)c1cc(C(C)C)n(C(C)(C)C)n1. The van der Waals surface area contributed by atoms with Crippen LogP contribution in [-0.2, 0) is 5.54 Å². The van der Waals surface area contributed by atoms with Crippen molar-refractivity contribution < 1.29 is 13.9 Å². The molecule has 142 valence electrons. The third kappa shape index (κ3) is 4.84. The largest absolute Gasteiger partial charge is 0.488 e. The quantitative estimate of drug-likeness (QED) is 0.843. The lowest BCUT2D eigenvalue weighted by atomic mass is 10.1. The van der Waals surface area contributed by atoms with E-state index < -0.39 is 5.82 Å². The fourth-order valence-corrected chi connectivity index (χ4v) is 2.57. The highest BCUT2D eigenvalue weighted by Crippen LogP contribution is 2.23. The van der Waals surface area contributed by atoms with Crippen LogP contribution in [0, 0.1) is 5.82 Å². The molecule has 1 aromatic carbocycles. The molecule has 0 aliphatic heterocycles. The number of carbonyl (C=O) groups excluding carboxylic acids is 1. The third-order valence-electron chi connectivity index (χ3n) is 3.90. The Morgan fingerprint density at radius 3 is 2.46 bits per heavy atom. The molecule has 2 aromatic rings. The number of nitrogens with zero attached hydrogens (tertiary/aromatic N) is 2. The molecule has 1 atom stereocenters. The molecule has 1 aromatic heterocycles. The van der Waals surface area contributed by atoms with Gasteiger partial charge in [-0.25, -0.2) is 4.39 Å². The lowest BCUT2D eigenvalue weighted by molar-refractivity contribution is 0.0919. The maximum Gasteiger partial charge on any atom is 0.272 e. The van der Waals surface area contributed by atoms with E-state index in [1.165, 1.54) is 6.07 Å². The molecule has 0 aliphatic carbocycles. The van der Waals surface area contributed by atoms with Crippen LogP contribution in [0.3, 0.4) is 0 Å². The van der Waals surface area contributed by atoms with Gasteiger partial charge in [-0.05, 0) is 51.8 Å². The van der Waals surface area contributed by atoms with Gasteiger partial charge in [0.15, 0.2) is 11.6 Å². The monoisotopic (exact) mass is 361 g/mol. The third-order valence-corrected chi connectivity index (χ3v) is 3.90. The fourth-order valence-electron chi connectivity index (χ4n) is 2.57. The van der Waals surface area contributed by atoms with Gasteiger partial charge in [0.25, 0.3) is 5.91 Å². The Balaban J connectivity index is 2.04. The summed E-state index contributed by atoms with van der Waals surface area (Å²) in [5.74, 6) is -0.256.